The zero-order chi connectivity index (χ0) is 15.3. The minimum atomic E-state index is -0.0401. The van der Waals surface area contributed by atoms with Gasteiger partial charge >= 0.3 is 6.01 Å². The lowest BCUT2D eigenvalue weighted by atomic mass is 9.70. The fourth-order valence-electron chi connectivity index (χ4n) is 4.03. The fraction of sp³-hybridized carbons (Fsp3) is 0.667. The molecule has 6 heteroatoms. The highest BCUT2D eigenvalue weighted by Crippen LogP contribution is 2.65. The average Bonchev–Trinajstić information content (AvgIpc) is 2.80. The number of rotatable bonds is 3. The third-order valence-electron chi connectivity index (χ3n) is 5.97. The van der Waals surface area contributed by atoms with Gasteiger partial charge in [-0.3, -0.25) is 0 Å². The molecule has 0 amide bonds. The molecular weight excluding hydrogens is 268 g/mol. The summed E-state index contributed by atoms with van der Waals surface area (Å²) >= 11 is 0. The molecular formula is C15H22N4O2. The molecule has 3 atom stereocenters. The molecule has 114 valence electrons. The number of aromatic nitrogens is 2. The van der Waals surface area contributed by atoms with E-state index in [9.17, 15) is 0 Å². The molecule has 1 aromatic rings. The van der Waals surface area contributed by atoms with Crippen molar-refractivity contribution < 1.29 is 9.94 Å². The summed E-state index contributed by atoms with van der Waals surface area (Å²) in [6.45, 7) is 6.97. The summed E-state index contributed by atoms with van der Waals surface area (Å²) < 4.78 is 6.07. The van der Waals surface area contributed by atoms with Crippen LogP contribution >= 0.6 is 0 Å². The van der Waals surface area contributed by atoms with Crippen LogP contribution in [-0.2, 0) is 0 Å². The molecule has 2 bridgehead atoms. The topological polar surface area (TPSA) is 93.6 Å². The second-order valence-corrected chi connectivity index (χ2v) is 6.93. The third-order valence-corrected chi connectivity index (χ3v) is 5.97. The van der Waals surface area contributed by atoms with Crippen LogP contribution in [-0.4, -0.2) is 27.1 Å². The Morgan fingerprint density at radius 3 is 2.81 bits per heavy atom. The third kappa shape index (κ3) is 1.96. The van der Waals surface area contributed by atoms with Gasteiger partial charge < -0.3 is 15.7 Å². The summed E-state index contributed by atoms with van der Waals surface area (Å²) in [5.74, 6) is 0.654. The van der Waals surface area contributed by atoms with Gasteiger partial charge in [-0.2, -0.15) is 4.98 Å². The second-order valence-electron chi connectivity index (χ2n) is 6.93. The van der Waals surface area contributed by atoms with E-state index in [-0.39, 0.29) is 22.8 Å². The van der Waals surface area contributed by atoms with E-state index in [1.165, 1.54) is 12.8 Å². The van der Waals surface area contributed by atoms with Crippen LogP contribution in [0.15, 0.2) is 17.4 Å². The number of amidine groups is 1. The Morgan fingerprint density at radius 1 is 1.48 bits per heavy atom. The summed E-state index contributed by atoms with van der Waals surface area (Å²) in [7, 11) is 0. The first-order chi connectivity index (χ1) is 9.88. The van der Waals surface area contributed by atoms with Crippen molar-refractivity contribution in [1.29, 1.82) is 0 Å². The van der Waals surface area contributed by atoms with Crippen molar-refractivity contribution in [3.63, 3.8) is 0 Å². The Labute approximate surface area is 124 Å². The lowest BCUT2D eigenvalue weighted by Crippen LogP contribution is -2.39. The van der Waals surface area contributed by atoms with Crippen molar-refractivity contribution in [2.45, 2.75) is 46.1 Å². The van der Waals surface area contributed by atoms with Gasteiger partial charge in [-0.15, -0.1) is 0 Å². The molecule has 3 unspecified atom stereocenters. The van der Waals surface area contributed by atoms with Crippen molar-refractivity contribution in [2.24, 2.45) is 27.6 Å². The van der Waals surface area contributed by atoms with Crippen molar-refractivity contribution in [2.75, 3.05) is 0 Å². The molecule has 1 aromatic heterocycles. The Kier molecular flexibility index (Phi) is 3.07. The summed E-state index contributed by atoms with van der Waals surface area (Å²) in [6.07, 6.45) is 5.18. The van der Waals surface area contributed by atoms with Crippen LogP contribution in [0.4, 0.5) is 0 Å². The van der Waals surface area contributed by atoms with E-state index in [1.54, 1.807) is 12.3 Å². The lowest BCUT2D eigenvalue weighted by Gasteiger charge is -2.38. The number of ether oxygens (including phenoxy) is 1. The Bertz CT molecular complexity index is 587. The molecule has 0 aromatic carbocycles. The SMILES string of the molecule is CC1(C)C2CCC1(C)C(Oc1nccc(/C(N)=N/O)n1)C2. The number of nitrogens with zero attached hydrogens (tertiary/aromatic N) is 3. The van der Waals surface area contributed by atoms with E-state index in [2.05, 4.69) is 35.9 Å². The van der Waals surface area contributed by atoms with Crippen molar-refractivity contribution in [1.82, 2.24) is 9.97 Å². The average molecular weight is 290 g/mol. The molecule has 21 heavy (non-hydrogen) atoms. The van der Waals surface area contributed by atoms with E-state index in [0.717, 1.165) is 6.42 Å². The highest BCUT2D eigenvalue weighted by atomic mass is 16.5. The number of hydrogen-bond acceptors (Lipinski definition) is 5. The van der Waals surface area contributed by atoms with E-state index < -0.39 is 0 Å². The number of nitrogens with two attached hydrogens (primary N) is 1. The van der Waals surface area contributed by atoms with Crippen LogP contribution in [0, 0.1) is 16.7 Å². The zero-order valence-electron chi connectivity index (χ0n) is 12.7. The predicted molar refractivity (Wildman–Crippen MR) is 78.2 cm³/mol. The summed E-state index contributed by atoms with van der Waals surface area (Å²) in [5, 5.41) is 11.7. The molecule has 0 radical (unpaired) electrons. The second kappa shape index (κ2) is 4.58. The number of oxime groups is 1. The minimum absolute atomic E-state index is 0.0401. The van der Waals surface area contributed by atoms with Crippen LogP contribution in [0.5, 0.6) is 6.01 Å². The van der Waals surface area contributed by atoms with E-state index in [0.29, 0.717) is 17.6 Å². The van der Waals surface area contributed by atoms with Gasteiger partial charge in [-0.1, -0.05) is 25.9 Å². The molecule has 0 saturated heterocycles. The maximum Gasteiger partial charge on any atom is 0.317 e. The van der Waals surface area contributed by atoms with Crippen molar-refractivity contribution in [3.05, 3.63) is 18.0 Å². The first kappa shape index (κ1) is 14.1. The van der Waals surface area contributed by atoms with Crippen LogP contribution < -0.4 is 10.5 Å². The van der Waals surface area contributed by atoms with Gasteiger partial charge in [0.25, 0.3) is 0 Å². The lowest BCUT2D eigenvalue weighted by molar-refractivity contribution is 0.0241. The van der Waals surface area contributed by atoms with Gasteiger partial charge in [0.05, 0.1) is 0 Å². The smallest absolute Gasteiger partial charge is 0.317 e. The van der Waals surface area contributed by atoms with Crippen LogP contribution in [0.2, 0.25) is 0 Å². The highest BCUT2D eigenvalue weighted by molar-refractivity contribution is 5.95. The maximum absolute atomic E-state index is 8.72. The van der Waals surface area contributed by atoms with Gasteiger partial charge in [0.1, 0.15) is 11.8 Å². The minimum Gasteiger partial charge on any atom is -0.460 e. The Morgan fingerprint density at radius 2 is 2.24 bits per heavy atom. The molecule has 1 heterocycles. The van der Waals surface area contributed by atoms with Gasteiger partial charge in [0, 0.05) is 11.6 Å². The first-order valence-electron chi connectivity index (χ1n) is 7.36. The summed E-state index contributed by atoms with van der Waals surface area (Å²) in [5.41, 5.74) is 6.35. The van der Waals surface area contributed by atoms with Gasteiger partial charge in [-0.25, -0.2) is 4.98 Å². The summed E-state index contributed by atoms with van der Waals surface area (Å²) in [4.78, 5) is 8.38. The maximum atomic E-state index is 8.72. The van der Waals surface area contributed by atoms with Gasteiger partial charge in [0.2, 0.25) is 0 Å². The molecule has 0 aliphatic heterocycles. The predicted octanol–water partition coefficient (Wildman–Crippen LogP) is 2.16. The quantitative estimate of drug-likeness (QED) is 0.385. The van der Waals surface area contributed by atoms with Crippen molar-refractivity contribution >= 4 is 5.84 Å². The van der Waals surface area contributed by atoms with Gasteiger partial charge in [-0.05, 0) is 36.7 Å². The van der Waals surface area contributed by atoms with Crippen molar-refractivity contribution in [3.8, 4) is 6.01 Å². The van der Waals surface area contributed by atoms with E-state index in [4.69, 9.17) is 15.7 Å². The van der Waals surface area contributed by atoms with Crippen LogP contribution in [0.3, 0.4) is 0 Å². The standard InChI is InChI=1S/C15H22N4O2/c1-14(2)9-4-6-15(14,3)11(8-9)21-13-17-7-5-10(18-13)12(16)19-20/h5,7,9,11,20H,4,6,8H2,1-3H3,(H2,16,19). The molecule has 2 saturated carbocycles. The molecule has 3 N–H and O–H groups in total. The fourth-order valence-corrected chi connectivity index (χ4v) is 4.03. The van der Waals surface area contributed by atoms with E-state index >= 15 is 0 Å². The largest absolute Gasteiger partial charge is 0.460 e. The highest BCUT2D eigenvalue weighted by Gasteiger charge is 2.62. The molecule has 0 spiro atoms. The number of fused-ring (bicyclic) bond motifs is 2. The normalized spacial score (nSPS) is 34.1. The number of hydrogen-bond donors (Lipinski definition) is 2. The molecule has 2 aliphatic rings. The zero-order valence-corrected chi connectivity index (χ0v) is 12.7. The van der Waals surface area contributed by atoms with Gasteiger partial charge in [0.15, 0.2) is 5.84 Å². The summed E-state index contributed by atoms with van der Waals surface area (Å²) in [6, 6.07) is 1.89. The molecule has 6 nitrogen and oxygen atoms in total. The Hall–Kier alpha value is -1.85. The molecule has 2 fully saturated rings. The first-order valence-corrected chi connectivity index (χ1v) is 7.36. The molecule has 3 rings (SSSR count). The molecule has 2 aliphatic carbocycles. The van der Waals surface area contributed by atoms with Crippen LogP contribution in [0.25, 0.3) is 0 Å². The van der Waals surface area contributed by atoms with E-state index in [1.807, 2.05) is 0 Å². The van der Waals surface area contributed by atoms with Crippen LogP contribution in [0.1, 0.15) is 45.7 Å². The Balaban J connectivity index is 1.83. The monoisotopic (exact) mass is 290 g/mol.